The third-order valence-corrected chi connectivity index (χ3v) is 2.25. The summed E-state index contributed by atoms with van der Waals surface area (Å²) < 4.78 is 10.6. The highest BCUT2D eigenvalue weighted by Gasteiger charge is 2.08. The van der Waals surface area contributed by atoms with E-state index in [-0.39, 0.29) is 0 Å². The fourth-order valence-electron chi connectivity index (χ4n) is 1.07. The normalized spacial score (nSPS) is 10.6. The van der Waals surface area contributed by atoms with E-state index in [1.54, 1.807) is 13.4 Å². The maximum Gasteiger partial charge on any atom is 0.185 e. The number of aromatic nitrogens is 5. The van der Waals surface area contributed by atoms with Crippen molar-refractivity contribution in [3.05, 3.63) is 11.7 Å². The summed E-state index contributed by atoms with van der Waals surface area (Å²) in [6, 6.07) is 0. The molecule has 0 saturated carbocycles. The van der Waals surface area contributed by atoms with Gasteiger partial charge in [-0.05, 0) is 11.5 Å². The lowest BCUT2D eigenvalue weighted by Gasteiger charge is -2.02. The highest BCUT2D eigenvalue weighted by atomic mass is 32.1. The molecule has 2 aromatic heterocycles. The average Bonchev–Trinajstić information content (AvgIpc) is 2.84. The first-order chi connectivity index (χ1) is 6.92. The third kappa shape index (κ3) is 1.78. The Balaban J connectivity index is 2.22. The molecule has 0 spiro atoms. The van der Waals surface area contributed by atoms with Crippen LogP contribution in [0.4, 0.5) is 0 Å². The number of hydrogen-bond acceptors (Lipinski definition) is 6. The van der Waals surface area contributed by atoms with E-state index in [0.29, 0.717) is 6.61 Å². The highest BCUT2D eigenvalue weighted by molar-refractivity contribution is 7.03. The lowest BCUT2D eigenvalue weighted by atomic mass is 10.4. The molecule has 0 bridgehead atoms. The van der Waals surface area contributed by atoms with Gasteiger partial charge in [0.05, 0.1) is 6.61 Å². The van der Waals surface area contributed by atoms with Gasteiger partial charge in [-0.1, -0.05) is 4.49 Å². The van der Waals surface area contributed by atoms with Crippen LogP contribution < -0.4 is 0 Å². The predicted octanol–water partition coefficient (Wildman–Crippen LogP) is 0.443. The van der Waals surface area contributed by atoms with E-state index >= 15 is 0 Å². The second-order valence-corrected chi connectivity index (χ2v) is 3.24. The van der Waals surface area contributed by atoms with Gasteiger partial charge in [0.25, 0.3) is 0 Å². The molecular formula is C7H9N5OS. The van der Waals surface area contributed by atoms with E-state index < -0.39 is 0 Å². The summed E-state index contributed by atoms with van der Waals surface area (Å²) in [4.78, 5) is 0. The quantitative estimate of drug-likeness (QED) is 0.734. The summed E-state index contributed by atoms with van der Waals surface area (Å²) >= 11 is 1.30. The molecule has 0 fully saturated rings. The molecule has 0 N–H and O–H groups in total. The molecule has 0 aliphatic carbocycles. The Morgan fingerprint density at radius 1 is 1.50 bits per heavy atom. The summed E-state index contributed by atoms with van der Waals surface area (Å²) in [6.45, 7) is 1.35. The number of rotatable bonds is 4. The van der Waals surface area contributed by atoms with Crippen LogP contribution in [-0.4, -0.2) is 38.1 Å². The zero-order valence-corrected chi connectivity index (χ0v) is 8.44. The Labute approximate surface area is 84.7 Å². The van der Waals surface area contributed by atoms with Crippen molar-refractivity contribution in [1.29, 1.82) is 0 Å². The molecule has 7 heteroatoms. The molecule has 0 unspecified atom stereocenters. The van der Waals surface area contributed by atoms with Gasteiger partial charge in [-0.2, -0.15) is 0 Å². The Morgan fingerprint density at radius 2 is 2.43 bits per heavy atom. The first-order valence-electron chi connectivity index (χ1n) is 4.06. The molecule has 2 rings (SSSR count). The van der Waals surface area contributed by atoms with Crippen molar-refractivity contribution in [1.82, 2.24) is 24.4 Å². The molecule has 6 nitrogen and oxygen atoms in total. The SMILES string of the molecule is COCCn1cnnc1-c1csnn1. The topological polar surface area (TPSA) is 65.7 Å². The fourth-order valence-corrected chi connectivity index (χ4v) is 1.50. The third-order valence-electron chi connectivity index (χ3n) is 1.74. The second-order valence-electron chi connectivity index (χ2n) is 2.63. The fraction of sp³-hybridized carbons (Fsp3) is 0.429. The number of hydrogen-bond donors (Lipinski definition) is 0. The van der Waals surface area contributed by atoms with Crippen molar-refractivity contribution in [2.24, 2.45) is 0 Å². The van der Waals surface area contributed by atoms with E-state index in [1.807, 2.05) is 9.95 Å². The maximum atomic E-state index is 4.98. The van der Waals surface area contributed by atoms with Crippen molar-refractivity contribution < 1.29 is 4.74 Å². The van der Waals surface area contributed by atoms with E-state index in [1.165, 1.54) is 11.5 Å². The molecule has 0 aliphatic rings. The monoisotopic (exact) mass is 211 g/mol. The van der Waals surface area contributed by atoms with Crippen LogP contribution in [0.15, 0.2) is 11.7 Å². The lowest BCUT2D eigenvalue weighted by Crippen LogP contribution is -2.05. The molecule has 0 aromatic carbocycles. The molecule has 2 heterocycles. The molecule has 0 aliphatic heterocycles. The Bertz CT molecular complexity index is 384. The lowest BCUT2D eigenvalue weighted by molar-refractivity contribution is 0.187. The minimum atomic E-state index is 0.628. The Kier molecular flexibility index (Phi) is 2.80. The van der Waals surface area contributed by atoms with Gasteiger partial charge < -0.3 is 9.30 Å². The Hall–Kier alpha value is -1.34. The van der Waals surface area contributed by atoms with Gasteiger partial charge in [0.1, 0.15) is 12.0 Å². The summed E-state index contributed by atoms with van der Waals surface area (Å²) in [5.41, 5.74) is 0.753. The molecule has 0 radical (unpaired) electrons. The zero-order chi connectivity index (χ0) is 9.80. The van der Waals surface area contributed by atoms with Gasteiger partial charge in [0.2, 0.25) is 0 Å². The largest absolute Gasteiger partial charge is 0.383 e. The zero-order valence-electron chi connectivity index (χ0n) is 7.62. The van der Waals surface area contributed by atoms with E-state index in [9.17, 15) is 0 Å². The molecular weight excluding hydrogens is 202 g/mol. The molecule has 74 valence electrons. The van der Waals surface area contributed by atoms with Crippen molar-refractivity contribution in [3.8, 4) is 11.5 Å². The van der Waals surface area contributed by atoms with Gasteiger partial charge >= 0.3 is 0 Å². The van der Waals surface area contributed by atoms with Crippen LogP contribution in [0.2, 0.25) is 0 Å². The Morgan fingerprint density at radius 3 is 3.14 bits per heavy atom. The summed E-state index contributed by atoms with van der Waals surface area (Å²) in [6.07, 6.45) is 1.66. The van der Waals surface area contributed by atoms with Crippen LogP contribution in [0.1, 0.15) is 0 Å². The van der Waals surface area contributed by atoms with E-state index in [2.05, 4.69) is 19.8 Å². The van der Waals surface area contributed by atoms with Crippen molar-refractivity contribution in [3.63, 3.8) is 0 Å². The smallest absolute Gasteiger partial charge is 0.185 e. The van der Waals surface area contributed by atoms with Crippen LogP contribution in [0, 0.1) is 0 Å². The van der Waals surface area contributed by atoms with Crippen LogP contribution in [-0.2, 0) is 11.3 Å². The predicted molar refractivity (Wildman–Crippen MR) is 50.8 cm³/mol. The van der Waals surface area contributed by atoms with Gasteiger partial charge in [-0.15, -0.1) is 15.3 Å². The first kappa shape index (κ1) is 9.22. The standard InChI is InChI=1S/C7H9N5OS/c1-13-3-2-12-5-8-10-7(12)6-4-14-11-9-6/h4-5H,2-3H2,1H3. The van der Waals surface area contributed by atoms with Gasteiger partial charge in [-0.25, -0.2) is 0 Å². The van der Waals surface area contributed by atoms with Gasteiger partial charge in [0, 0.05) is 19.0 Å². The first-order valence-corrected chi connectivity index (χ1v) is 4.89. The van der Waals surface area contributed by atoms with Gasteiger partial charge in [-0.3, -0.25) is 0 Å². The average molecular weight is 211 g/mol. The van der Waals surface area contributed by atoms with Crippen LogP contribution in [0.5, 0.6) is 0 Å². The van der Waals surface area contributed by atoms with Crippen molar-refractivity contribution in [2.45, 2.75) is 6.54 Å². The maximum absolute atomic E-state index is 4.98. The number of nitrogens with zero attached hydrogens (tertiary/aromatic N) is 5. The van der Waals surface area contributed by atoms with Crippen LogP contribution in [0.25, 0.3) is 11.5 Å². The minimum Gasteiger partial charge on any atom is -0.383 e. The summed E-state index contributed by atoms with van der Waals surface area (Å²) in [7, 11) is 1.66. The van der Waals surface area contributed by atoms with Crippen LogP contribution >= 0.6 is 11.5 Å². The van der Waals surface area contributed by atoms with E-state index in [0.717, 1.165) is 18.1 Å². The molecule has 2 aromatic rings. The number of methoxy groups -OCH3 is 1. The molecule has 0 amide bonds. The second kappa shape index (κ2) is 4.25. The minimum absolute atomic E-state index is 0.628. The van der Waals surface area contributed by atoms with Crippen molar-refractivity contribution in [2.75, 3.05) is 13.7 Å². The van der Waals surface area contributed by atoms with Gasteiger partial charge in [0.15, 0.2) is 5.82 Å². The molecule has 0 atom stereocenters. The van der Waals surface area contributed by atoms with Crippen molar-refractivity contribution >= 4 is 11.5 Å². The molecule has 0 saturated heterocycles. The summed E-state index contributed by atoms with van der Waals surface area (Å²) in [5, 5.41) is 13.6. The van der Waals surface area contributed by atoms with Crippen LogP contribution in [0.3, 0.4) is 0 Å². The summed E-state index contributed by atoms with van der Waals surface area (Å²) in [5.74, 6) is 0.732. The molecule has 14 heavy (non-hydrogen) atoms. The number of ether oxygens (including phenoxy) is 1. The van der Waals surface area contributed by atoms with E-state index in [4.69, 9.17) is 4.74 Å². The highest BCUT2D eigenvalue weighted by Crippen LogP contribution is 2.13.